The number of ether oxygens (including phenoxy) is 1. The number of rotatable bonds is 3. The van der Waals surface area contributed by atoms with Gasteiger partial charge in [0.15, 0.2) is 0 Å². The monoisotopic (exact) mass is 420 g/mol. The van der Waals surface area contributed by atoms with Gasteiger partial charge in [0.1, 0.15) is 11.5 Å². The van der Waals surface area contributed by atoms with Gasteiger partial charge in [0.2, 0.25) is 5.91 Å². The van der Waals surface area contributed by atoms with Crippen molar-refractivity contribution < 1.29 is 14.6 Å². The Morgan fingerprint density at radius 3 is 2.62 bits per heavy atom. The van der Waals surface area contributed by atoms with Crippen LogP contribution >= 0.6 is 15.9 Å². The van der Waals surface area contributed by atoms with E-state index in [1.165, 1.54) is 0 Å². The van der Waals surface area contributed by atoms with Gasteiger partial charge in [-0.3, -0.25) is 9.69 Å². The van der Waals surface area contributed by atoms with Crippen LogP contribution < -0.4 is 0 Å². The molecule has 2 aliphatic heterocycles. The Labute approximate surface area is 162 Å². The van der Waals surface area contributed by atoms with E-state index in [0.717, 1.165) is 50.1 Å². The van der Waals surface area contributed by atoms with E-state index in [4.69, 9.17) is 4.74 Å². The van der Waals surface area contributed by atoms with E-state index < -0.39 is 11.5 Å². The molecule has 2 atom stereocenters. The zero-order valence-corrected chi connectivity index (χ0v) is 16.5. The molecule has 2 heterocycles. The maximum absolute atomic E-state index is 13.8. The highest BCUT2D eigenvalue weighted by atomic mass is 79.9. The maximum Gasteiger partial charge on any atom is 0.237 e. The summed E-state index contributed by atoms with van der Waals surface area (Å²) in [7, 11) is 0. The second-order valence-corrected chi connectivity index (χ2v) is 8.29. The number of halogens is 1. The Morgan fingerprint density at radius 1 is 1.19 bits per heavy atom. The molecule has 1 aliphatic carbocycles. The highest BCUT2D eigenvalue weighted by molar-refractivity contribution is 9.11. The summed E-state index contributed by atoms with van der Waals surface area (Å²) in [6.45, 7) is 4.97. The summed E-state index contributed by atoms with van der Waals surface area (Å²) < 4.78 is 6.16. The van der Waals surface area contributed by atoms with Crippen LogP contribution in [0.3, 0.4) is 0 Å². The fourth-order valence-corrected chi connectivity index (χ4v) is 5.06. The minimum absolute atomic E-state index is 0.0477. The molecule has 2 fully saturated rings. The summed E-state index contributed by atoms with van der Waals surface area (Å²) in [5.41, 5.74) is 0.954. The van der Waals surface area contributed by atoms with Gasteiger partial charge in [-0.25, -0.2) is 0 Å². The van der Waals surface area contributed by atoms with Crippen molar-refractivity contribution in [2.45, 2.75) is 24.4 Å². The summed E-state index contributed by atoms with van der Waals surface area (Å²) in [5.74, 6) is 0.0477. The summed E-state index contributed by atoms with van der Waals surface area (Å²) in [6.07, 6.45) is 3.13. The Morgan fingerprint density at radius 2 is 1.88 bits per heavy atom. The van der Waals surface area contributed by atoms with Crippen molar-refractivity contribution in [3.63, 3.8) is 0 Å². The molecule has 5 nitrogen and oxygen atoms in total. The number of hydrogen-bond acceptors (Lipinski definition) is 4. The Hall–Kier alpha value is -1.21. The molecular weight excluding hydrogens is 396 g/mol. The van der Waals surface area contributed by atoms with Crippen LogP contribution in [0, 0.1) is 0 Å². The van der Waals surface area contributed by atoms with Crippen LogP contribution in [0.15, 0.2) is 28.7 Å². The molecule has 0 saturated carbocycles. The molecule has 0 radical (unpaired) electrons. The Kier molecular flexibility index (Phi) is 5.19. The summed E-state index contributed by atoms with van der Waals surface area (Å²) >= 11 is 3.54. The number of hydrogen-bond donors (Lipinski definition) is 1. The molecule has 2 unspecified atom stereocenters. The van der Waals surface area contributed by atoms with Gasteiger partial charge < -0.3 is 14.7 Å². The number of carbonyl (C=O) groups excluding carboxylic acids is 1. The van der Waals surface area contributed by atoms with Crippen molar-refractivity contribution in [1.82, 2.24) is 9.80 Å². The second-order valence-electron chi connectivity index (χ2n) is 7.38. The quantitative estimate of drug-likeness (QED) is 0.812. The highest BCUT2D eigenvalue weighted by Gasteiger charge is 2.53. The molecule has 140 valence electrons. The molecule has 26 heavy (non-hydrogen) atoms. The number of benzene rings is 1. The average Bonchev–Trinajstić information content (AvgIpc) is 3.20. The first-order valence-electron chi connectivity index (χ1n) is 9.37. The largest absolute Gasteiger partial charge is 0.386 e. The van der Waals surface area contributed by atoms with Crippen LogP contribution in [-0.4, -0.2) is 72.9 Å². The summed E-state index contributed by atoms with van der Waals surface area (Å²) in [4.78, 5) is 18.0. The van der Waals surface area contributed by atoms with Gasteiger partial charge in [0, 0.05) is 37.2 Å². The SMILES string of the molecule is O=C(N1CCCC1)C1(CN2CCOCC2)c2ccccc2C=C(Br)C1O. The molecule has 2 saturated heterocycles. The van der Waals surface area contributed by atoms with Crippen LogP contribution in [0.2, 0.25) is 0 Å². The van der Waals surface area contributed by atoms with E-state index in [9.17, 15) is 9.90 Å². The number of aliphatic hydroxyl groups is 1. The average molecular weight is 421 g/mol. The molecule has 0 bridgehead atoms. The van der Waals surface area contributed by atoms with Crippen LogP contribution in [0.4, 0.5) is 0 Å². The fourth-order valence-electron chi connectivity index (χ4n) is 4.43. The molecule has 4 rings (SSSR count). The number of aliphatic hydroxyl groups excluding tert-OH is 1. The molecule has 1 amide bonds. The predicted molar refractivity (Wildman–Crippen MR) is 104 cm³/mol. The molecule has 1 aromatic rings. The molecule has 0 aromatic heterocycles. The predicted octanol–water partition coefficient (Wildman–Crippen LogP) is 1.99. The van der Waals surface area contributed by atoms with E-state index in [2.05, 4.69) is 20.8 Å². The van der Waals surface area contributed by atoms with Crippen LogP contribution in [-0.2, 0) is 14.9 Å². The third-order valence-electron chi connectivity index (χ3n) is 5.81. The van der Waals surface area contributed by atoms with E-state index in [-0.39, 0.29) is 5.91 Å². The number of carbonyl (C=O) groups is 1. The zero-order valence-electron chi connectivity index (χ0n) is 14.9. The summed E-state index contributed by atoms with van der Waals surface area (Å²) in [5, 5.41) is 11.3. The first kappa shape index (κ1) is 18.2. The van der Waals surface area contributed by atoms with Gasteiger partial charge in [0.25, 0.3) is 0 Å². The molecule has 1 N–H and O–H groups in total. The maximum atomic E-state index is 13.8. The normalized spacial score (nSPS) is 29.4. The van der Waals surface area contributed by atoms with Crippen molar-refractivity contribution in [3.8, 4) is 0 Å². The van der Waals surface area contributed by atoms with Gasteiger partial charge in [-0.15, -0.1) is 0 Å². The van der Waals surface area contributed by atoms with Crippen LogP contribution in [0.1, 0.15) is 24.0 Å². The van der Waals surface area contributed by atoms with Crippen molar-refractivity contribution in [2.24, 2.45) is 0 Å². The van der Waals surface area contributed by atoms with Gasteiger partial charge in [0.05, 0.1) is 13.2 Å². The standard InChI is InChI=1S/C20H25BrN2O3/c21-17-13-15-5-1-2-6-16(15)20(18(17)24,14-22-9-11-26-12-10-22)19(25)23-7-3-4-8-23/h1-2,5-6,13,18,24H,3-4,7-12,14H2. The Bertz CT molecular complexity index is 711. The third kappa shape index (κ3) is 3.03. The van der Waals surface area contributed by atoms with E-state index in [0.29, 0.717) is 24.2 Å². The summed E-state index contributed by atoms with van der Waals surface area (Å²) in [6, 6.07) is 7.97. The minimum Gasteiger partial charge on any atom is -0.386 e. The second kappa shape index (κ2) is 7.43. The first-order valence-corrected chi connectivity index (χ1v) is 10.2. The van der Waals surface area contributed by atoms with Crippen molar-refractivity contribution in [1.29, 1.82) is 0 Å². The smallest absolute Gasteiger partial charge is 0.237 e. The van der Waals surface area contributed by atoms with Crippen molar-refractivity contribution in [3.05, 3.63) is 39.9 Å². The van der Waals surface area contributed by atoms with E-state index >= 15 is 0 Å². The van der Waals surface area contributed by atoms with Crippen LogP contribution in [0.5, 0.6) is 0 Å². The molecule has 3 aliphatic rings. The lowest BCUT2D eigenvalue weighted by Crippen LogP contribution is -2.61. The number of fused-ring (bicyclic) bond motifs is 1. The number of likely N-dealkylation sites (tertiary alicyclic amines) is 1. The minimum atomic E-state index is -0.980. The van der Waals surface area contributed by atoms with Gasteiger partial charge in [-0.2, -0.15) is 0 Å². The molecule has 1 aromatic carbocycles. The first-order chi connectivity index (χ1) is 12.6. The molecule has 0 spiro atoms. The Balaban J connectivity index is 1.81. The fraction of sp³-hybridized carbons (Fsp3) is 0.550. The van der Waals surface area contributed by atoms with Gasteiger partial charge in [-0.05, 0) is 30.0 Å². The third-order valence-corrected chi connectivity index (χ3v) is 6.48. The van der Waals surface area contributed by atoms with Crippen molar-refractivity contribution >= 4 is 27.9 Å². The van der Waals surface area contributed by atoms with Crippen LogP contribution in [0.25, 0.3) is 6.08 Å². The van der Waals surface area contributed by atoms with E-state index in [1.54, 1.807) is 0 Å². The number of nitrogens with zero attached hydrogens (tertiary/aromatic N) is 2. The number of morpholine rings is 1. The van der Waals surface area contributed by atoms with E-state index in [1.807, 2.05) is 35.2 Å². The van der Waals surface area contributed by atoms with Crippen molar-refractivity contribution in [2.75, 3.05) is 45.9 Å². The molecular formula is C20H25BrN2O3. The zero-order chi connectivity index (χ0) is 18.1. The number of amides is 1. The molecule has 6 heteroatoms. The lowest BCUT2D eigenvalue weighted by atomic mass is 9.69. The van der Waals surface area contributed by atoms with Gasteiger partial charge in [-0.1, -0.05) is 40.2 Å². The highest BCUT2D eigenvalue weighted by Crippen LogP contribution is 2.43. The lowest BCUT2D eigenvalue weighted by molar-refractivity contribution is -0.142. The topological polar surface area (TPSA) is 53.0 Å². The lowest BCUT2D eigenvalue weighted by Gasteiger charge is -2.45. The van der Waals surface area contributed by atoms with Gasteiger partial charge >= 0.3 is 0 Å².